The van der Waals surface area contributed by atoms with Crippen molar-refractivity contribution in [3.63, 3.8) is 0 Å². The number of hydrogen-bond acceptors (Lipinski definition) is 5. The van der Waals surface area contributed by atoms with Gasteiger partial charge in [-0.05, 0) is 42.0 Å². The van der Waals surface area contributed by atoms with Gasteiger partial charge in [-0.3, -0.25) is 14.4 Å². The van der Waals surface area contributed by atoms with Crippen molar-refractivity contribution in [2.45, 2.75) is 13.0 Å². The van der Waals surface area contributed by atoms with E-state index in [-0.39, 0.29) is 44.0 Å². The number of fused-ring (bicyclic) bond motifs is 1. The van der Waals surface area contributed by atoms with Crippen molar-refractivity contribution in [3.05, 3.63) is 82.9 Å². The third kappa shape index (κ3) is 4.79. The number of rotatable bonds is 6. The molecular weight excluding hydrogens is 470 g/mol. The van der Waals surface area contributed by atoms with Gasteiger partial charge < -0.3 is 25.0 Å². The van der Waals surface area contributed by atoms with Crippen LogP contribution in [0.1, 0.15) is 22.3 Å². The Labute approximate surface area is 206 Å². The number of carbonyl (C=O) groups is 3. The summed E-state index contributed by atoms with van der Waals surface area (Å²) < 4.78 is 10.7. The molecule has 0 unspecified atom stereocenters. The molecule has 2 aliphatic heterocycles. The highest BCUT2D eigenvalue weighted by Gasteiger charge is 2.36. The largest absolute Gasteiger partial charge is 0.454 e. The van der Waals surface area contributed by atoms with Crippen LogP contribution in [0.4, 0.5) is 11.4 Å². The molecule has 1 fully saturated rings. The summed E-state index contributed by atoms with van der Waals surface area (Å²) in [5.41, 5.74) is 2.14. The van der Waals surface area contributed by atoms with Crippen LogP contribution in [0, 0.1) is 5.92 Å². The monoisotopic (exact) mass is 491 g/mol. The number of amides is 3. The van der Waals surface area contributed by atoms with Gasteiger partial charge in [0.15, 0.2) is 11.5 Å². The molecule has 35 heavy (non-hydrogen) atoms. The molecule has 1 saturated heterocycles. The zero-order valence-corrected chi connectivity index (χ0v) is 19.4. The summed E-state index contributed by atoms with van der Waals surface area (Å²) in [6, 6.07) is 19.3. The van der Waals surface area contributed by atoms with E-state index in [4.69, 9.17) is 21.1 Å². The summed E-state index contributed by atoms with van der Waals surface area (Å²) in [7, 11) is 0. The lowest BCUT2D eigenvalue weighted by molar-refractivity contribution is -0.122. The van der Waals surface area contributed by atoms with E-state index >= 15 is 0 Å². The maximum atomic E-state index is 13.0. The van der Waals surface area contributed by atoms with Crippen LogP contribution >= 0.6 is 11.6 Å². The topological polar surface area (TPSA) is 97.0 Å². The van der Waals surface area contributed by atoms with Gasteiger partial charge in [-0.15, -0.1) is 0 Å². The lowest BCUT2D eigenvalue weighted by Crippen LogP contribution is -2.29. The molecule has 1 atom stereocenters. The van der Waals surface area contributed by atoms with Gasteiger partial charge in [0, 0.05) is 19.5 Å². The number of anilines is 2. The second-order valence-corrected chi connectivity index (χ2v) is 8.67. The molecule has 2 aliphatic rings. The number of nitrogens with zero attached hydrogens (tertiary/aromatic N) is 1. The quantitative estimate of drug-likeness (QED) is 0.543. The second kappa shape index (κ2) is 9.68. The van der Waals surface area contributed by atoms with Crippen LogP contribution in [0.5, 0.6) is 11.5 Å². The van der Waals surface area contributed by atoms with E-state index in [1.54, 1.807) is 54.6 Å². The highest BCUT2D eigenvalue weighted by atomic mass is 35.5. The summed E-state index contributed by atoms with van der Waals surface area (Å²) in [5.74, 6) is -0.0906. The molecular formula is C26H22ClN3O5. The Hall–Kier alpha value is -4.04. The van der Waals surface area contributed by atoms with E-state index in [9.17, 15) is 14.4 Å². The van der Waals surface area contributed by atoms with E-state index in [1.165, 1.54) is 4.90 Å². The number of para-hydroxylation sites is 2. The van der Waals surface area contributed by atoms with Crippen molar-refractivity contribution in [3.8, 4) is 11.5 Å². The minimum atomic E-state index is -0.566. The van der Waals surface area contributed by atoms with Crippen molar-refractivity contribution in [1.29, 1.82) is 0 Å². The fourth-order valence-corrected chi connectivity index (χ4v) is 4.38. The van der Waals surface area contributed by atoms with Gasteiger partial charge in [-0.25, -0.2) is 0 Å². The lowest BCUT2D eigenvalue weighted by atomic mass is 10.1. The molecule has 5 rings (SSSR count). The number of benzene rings is 3. The van der Waals surface area contributed by atoms with Crippen molar-refractivity contribution in [1.82, 2.24) is 5.32 Å². The van der Waals surface area contributed by atoms with Crippen LogP contribution in [-0.2, 0) is 16.1 Å². The molecule has 3 aromatic carbocycles. The van der Waals surface area contributed by atoms with Crippen LogP contribution in [0.3, 0.4) is 0 Å². The van der Waals surface area contributed by atoms with Gasteiger partial charge in [0.1, 0.15) is 0 Å². The standard InChI is InChI=1S/C26H22ClN3O5/c27-19-6-2-4-8-21(19)30-14-17(12-24(30)31)25(32)29-20-7-3-1-5-18(20)26(33)28-13-16-9-10-22-23(11-16)35-15-34-22/h1-11,17H,12-15H2,(H,28,33)(H,29,32)/t17-/m0/s1. The molecule has 9 heteroatoms. The third-order valence-electron chi connectivity index (χ3n) is 5.96. The average molecular weight is 492 g/mol. The molecule has 8 nitrogen and oxygen atoms in total. The number of halogens is 1. The van der Waals surface area contributed by atoms with Crippen LogP contribution < -0.4 is 25.0 Å². The molecule has 2 heterocycles. The molecule has 0 bridgehead atoms. The van der Waals surface area contributed by atoms with E-state index in [0.717, 1.165) is 5.56 Å². The fraction of sp³-hybridized carbons (Fsp3) is 0.192. The van der Waals surface area contributed by atoms with Crippen molar-refractivity contribution in [2.24, 2.45) is 5.92 Å². The number of nitrogens with one attached hydrogen (secondary N) is 2. The Bertz CT molecular complexity index is 1310. The fourth-order valence-electron chi connectivity index (χ4n) is 4.14. The molecule has 3 amide bonds. The predicted molar refractivity (Wildman–Crippen MR) is 131 cm³/mol. The molecule has 178 valence electrons. The van der Waals surface area contributed by atoms with Gasteiger partial charge in [0.05, 0.1) is 27.9 Å². The molecule has 0 saturated carbocycles. The molecule has 0 spiro atoms. The van der Waals surface area contributed by atoms with Gasteiger partial charge in [-0.2, -0.15) is 0 Å². The SMILES string of the molecule is O=C(NCc1ccc2c(c1)OCO2)c1ccccc1NC(=O)[C@H]1CC(=O)N(c2ccccc2Cl)C1. The van der Waals surface area contributed by atoms with Gasteiger partial charge in [-0.1, -0.05) is 41.9 Å². The number of hydrogen-bond donors (Lipinski definition) is 2. The maximum absolute atomic E-state index is 13.0. The highest BCUT2D eigenvalue weighted by Crippen LogP contribution is 2.33. The third-order valence-corrected chi connectivity index (χ3v) is 6.28. The van der Waals surface area contributed by atoms with Crippen LogP contribution in [0.2, 0.25) is 5.02 Å². The zero-order chi connectivity index (χ0) is 24.4. The zero-order valence-electron chi connectivity index (χ0n) is 18.6. The second-order valence-electron chi connectivity index (χ2n) is 8.26. The first-order chi connectivity index (χ1) is 17.0. The van der Waals surface area contributed by atoms with Crippen LogP contribution in [-0.4, -0.2) is 31.1 Å². The van der Waals surface area contributed by atoms with Crippen molar-refractivity contribution < 1.29 is 23.9 Å². The average Bonchev–Trinajstić information content (AvgIpc) is 3.49. The highest BCUT2D eigenvalue weighted by molar-refractivity contribution is 6.34. The van der Waals surface area contributed by atoms with Crippen LogP contribution in [0.25, 0.3) is 0 Å². The number of ether oxygens (including phenoxy) is 2. The molecule has 0 aliphatic carbocycles. The smallest absolute Gasteiger partial charge is 0.253 e. The Balaban J connectivity index is 1.24. The molecule has 0 radical (unpaired) electrons. The number of carbonyl (C=O) groups excluding carboxylic acids is 3. The first kappa shape index (κ1) is 22.7. The Morgan fingerprint density at radius 2 is 1.77 bits per heavy atom. The Morgan fingerprint density at radius 1 is 1.00 bits per heavy atom. The minimum Gasteiger partial charge on any atom is -0.454 e. The Morgan fingerprint density at radius 3 is 2.63 bits per heavy atom. The van der Waals surface area contributed by atoms with Gasteiger partial charge >= 0.3 is 0 Å². The van der Waals surface area contributed by atoms with Crippen LogP contribution in [0.15, 0.2) is 66.7 Å². The van der Waals surface area contributed by atoms with Crippen molar-refractivity contribution in [2.75, 3.05) is 23.6 Å². The minimum absolute atomic E-state index is 0.0650. The summed E-state index contributed by atoms with van der Waals surface area (Å²) >= 11 is 6.23. The summed E-state index contributed by atoms with van der Waals surface area (Å²) in [6.07, 6.45) is 0.0650. The first-order valence-corrected chi connectivity index (χ1v) is 11.5. The molecule has 3 aromatic rings. The maximum Gasteiger partial charge on any atom is 0.253 e. The summed E-state index contributed by atoms with van der Waals surface area (Å²) in [4.78, 5) is 40.0. The summed E-state index contributed by atoms with van der Waals surface area (Å²) in [5, 5.41) is 6.14. The molecule has 2 N–H and O–H groups in total. The van der Waals surface area contributed by atoms with Gasteiger partial charge in [0.25, 0.3) is 5.91 Å². The Kier molecular flexibility index (Phi) is 6.29. The molecule has 0 aromatic heterocycles. The normalized spacial score (nSPS) is 16.3. The van der Waals surface area contributed by atoms with E-state index < -0.39 is 5.92 Å². The first-order valence-electron chi connectivity index (χ1n) is 11.1. The van der Waals surface area contributed by atoms with Gasteiger partial charge in [0.2, 0.25) is 18.6 Å². The summed E-state index contributed by atoms with van der Waals surface area (Å²) in [6.45, 7) is 0.676. The van der Waals surface area contributed by atoms with E-state index in [1.807, 2.05) is 12.1 Å². The lowest BCUT2D eigenvalue weighted by Gasteiger charge is -2.18. The van der Waals surface area contributed by atoms with E-state index in [2.05, 4.69) is 10.6 Å². The van der Waals surface area contributed by atoms with Crippen molar-refractivity contribution >= 4 is 40.7 Å². The van der Waals surface area contributed by atoms with E-state index in [0.29, 0.717) is 33.5 Å². The predicted octanol–water partition coefficient (Wildman–Crippen LogP) is 3.99.